The van der Waals surface area contributed by atoms with Gasteiger partial charge in [0.15, 0.2) is 0 Å². The van der Waals surface area contributed by atoms with Crippen molar-refractivity contribution >= 4 is 11.4 Å². The van der Waals surface area contributed by atoms with E-state index >= 15 is 0 Å². The van der Waals surface area contributed by atoms with Gasteiger partial charge in [0.05, 0.1) is 11.1 Å². The third-order valence-electron chi connectivity index (χ3n) is 3.53. The summed E-state index contributed by atoms with van der Waals surface area (Å²) in [4.78, 5) is 11.9. The summed E-state index contributed by atoms with van der Waals surface area (Å²) < 4.78 is 1.81. The molecular formula is C15H11N3O. The SMILES string of the molecule is O=C1NCc2cccc(-c3ccn4nccc4c3)c21. The van der Waals surface area contributed by atoms with Gasteiger partial charge < -0.3 is 5.32 Å². The molecule has 92 valence electrons. The number of nitrogens with one attached hydrogen (secondary N) is 1. The molecule has 0 aliphatic carbocycles. The van der Waals surface area contributed by atoms with E-state index in [2.05, 4.69) is 10.4 Å². The quantitative estimate of drug-likeness (QED) is 0.719. The van der Waals surface area contributed by atoms with Crippen LogP contribution in [-0.4, -0.2) is 15.5 Å². The highest BCUT2D eigenvalue weighted by Crippen LogP contribution is 2.29. The van der Waals surface area contributed by atoms with Crippen molar-refractivity contribution in [2.24, 2.45) is 0 Å². The highest BCUT2D eigenvalue weighted by molar-refractivity contribution is 6.04. The number of benzene rings is 1. The zero-order chi connectivity index (χ0) is 12.8. The lowest BCUT2D eigenvalue weighted by molar-refractivity contribution is 0.0966. The summed E-state index contributed by atoms with van der Waals surface area (Å²) in [5, 5.41) is 7.05. The molecule has 0 spiro atoms. The Morgan fingerprint density at radius 2 is 2.16 bits per heavy atom. The molecule has 1 aliphatic heterocycles. The summed E-state index contributed by atoms with van der Waals surface area (Å²) in [7, 11) is 0. The van der Waals surface area contributed by atoms with Crippen LogP contribution < -0.4 is 5.32 Å². The van der Waals surface area contributed by atoms with Crippen LogP contribution in [0.3, 0.4) is 0 Å². The molecule has 0 radical (unpaired) electrons. The maximum Gasteiger partial charge on any atom is 0.252 e. The molecule has 0 saturated heterocycles. The lowest BCUT2D eigenvalue weighted by Gasteiger charge is -2.07. The molecule has 1 N–H and O–H groups in total. The number of aromatic nitrogens is 2. The van der Waals surface area contributed by atoms with Gasteiger partial charge in [-0.1, -0.05) is 18.2 Å². The largest absolute Gasteiger partial charge is 0.348 e. The first kappa shape index (κ1) is 10.3. The highest BCUT2D eigenvalue weighted by Gasteiger charge is 2.22. The van der Waals surface area contributed by atoms with Crippen LogP contribution in [0.25, 0.3) is 16.6 Å². The van der Waals surface area contributed by atoms with E-state index in [0.29, 0.717) is 6.54 Å². The molecule has 2 aromatic heterocycles. The van der Waals surface area contributed by atoms with Crippen LogP contribution in [-0.2, 0) is 6.54 Å². The lowest BCUT2D eigenvalue weighted by Crippen LogP contribution is -2.13. The van der Waals surface area contributed by atoms with Gasteiger partial charge in [0.1, 0.15) is 0 Å². The van der Waals surface area contributed by atoms with Gasteiger partial charge in [0.25, 0.3) is 5.91 Å². The van der Waals surface area contributed by atoms with Gasteiger partial charge in [-0.05, 0) is 34.9 Å². The normalized spacial score (nSPS) is 13.6. The zero-order valence-corrected chi connectivity index (χ0v) is 10.1. The average Bonchev–Trinajstić information content (AvgIpc) is 3.05. The predicted molar refractivity (Wildman–Crippen MR) is 71.8 cm³/mol. The van der Waals surface area contributed by atoms with Crippen molar-refractivity contribution < 1.29 is 4.79 Å². The second-order valence-corrected chi connectivity index (χ2v) is 4.64. The van der Waals surface area contributed by atoms with Crippen molar-refractivity contribution in [1.29, 1.82) is 0 Å². The fraction of sp³-hybridized carbons (Fsp3) is 0.0667. The fourth-order valence-corrected chi connectivity index (χ4v) is 2.61. The summed E-state index contributed by atoms with van der Waals surface area (Å²) in [6.07, 6.45) is 3.68. The van der Waals surface area contributed by atoms with Crippen LogP contribution in [0.2, 0.25) is 0 Å². The second-order valence-electron chi connectivity index (χ2n) is 4.64. The molecule has 0 bridgehead atoms. The van der Waals surface area contributed by atoms with Crippen LogP contribution in [0.1, 0.15) is 15.9 Å². The molecule has 0 fully saturated rings. The zero-order valence-electron chi connectivity index (χ0n) is 10.1. The molecule has 0 unspecified atom stereocenters. The smallest absolute Gasteiger partial charge is 0.252 e. The van der Waals surface area contributed by atoms with Crippen LogP contribution in [0, 0.1) is 0 Å². The first-order valence-corrected chi connectivity index (χ1v) is 6.17. The number of nitrogens with zero attached hydrogens (tertiary/aromatic N) is 2. The van der Waals surface area contributed by atoms with Crippen LogP contribution >= 0.6 is 0 Å². The third kappa shape index (κ3) is 1.46. The molecule has 4 nitrogen and oxygen atoms in total. The van der Waals surface area contributed by atoms with Gasteiger partial charge in [0.2, 0.25) is 0 Å². The first-order valence-electron chi connectivity index (χ1n) is 6.17. The summed E-state index contributed by atoms with van der Waals surface area (Å²) >= 11 is 0. The molecule has 3 heterocycles. The third-order valence-corrected chi connectivity index (χ3v) is 3.53. The van der Waals surface area contributed by atoms with E-state index in [1.54, 1.807) is 6.20 Å². The minimum atomic E-state index is 0.0129. The number of hydrogen-bond donors (Lipinski definition) is 1. The minimum absolute atomic E-state index is 0.0129. The Hall–Kier alpha value is -2.62. The number of amides is 1. The van der Waals surface area contributed by atoms with Crippen LogP contribution in [0.5, 0.6) is 0 Å². The van der Waals surface area contributed by atoms with E-state index in [0.717, 1.165) is 27.8 Å². The Kier molecular flexibility index (Phi) is 2.00. The van der Waals surface area contributed by atoms with Crippen molar-refractivity contribution in [3.8, 4) is 11.1 Å². The number of carbonyl (C=O) groups excluding carboxylic acids is 1. The van der Waals surface area contributed by atoms with Gasteiger partial charge in [-0.3, -0.25) is 4.79 Å². The minimum Gasteiger partial charge on any atom is -0.348 e. The molecular weight excluding hydrogens is 238 g/mol. The number of fused-ring (bicyclic) bond motifs is 2. The molecule has 0 atom stereocenters. The van der Waals surface area contributed by atoms with Crippen LogP contribution in [0.4, 0.5) is 0 Å². The van der Waals surface area contributed by atoms with Gasteiger partial charge in [-0.15, -0.1) is 0 Å². The van der Waals surface area contributed by atoms with E-state index in [4.69, 9.17) is 0 Å². The molecule has 0 saturated carbocycles. The monoisotopic (exact) mass is 249 g/mol. The Balaban J connectivity index is 1.97. The molecule has 1 amide bonds. The predicted octanol–water partition coefficient (Wildman–Crippen LogP) is 2.24. The van der Waals surface area contributed by atoms with Gasteiger partial charge in [-0.25, -0.2) is 4.52 Å². The number of carbonyl (C=O) groups is 1. The van der Waals surface area contributed by atoms with Crippen molar-refractivity contribution in [3.63, 3.8) is 0 Å². The Morgan fingerprint density at radius 1 is 1.21 bits per heavy atom. The number of rotatable bonds is 1. The highest BCUT2D eigenvalue weighted by atomic mass is 16.1. The number of hydrogen-bond acceptors (Lipinski definition) is 2. The average molecular weight is 249 g/mol. The second kappa shape index (κ2) is 3.68. The van der Waals surface area contributed by atoms with E-state index in [9.17, 15) is 4.79 Å². The van der Waals surface area contributed by atoms with Gasteiger partial charge in [0, 0.05) is 18.9 Å². The molecule has 3 aromatic rings. The van der Waals surface area contributed by atoms with E-state index in [-0.39, 0.29) is 5.91 Å². The molecule has 1 aliphatic rings. The van der Waals surface area contributed by atoms with E-state index in [1.165, 1.54) is 0 Å². The molecule has 19 heavy (non-hydrogen) atoms. The molecule has 4 heteroatoms. The van der Waals surface area contributed by atoms with Crippen LogP contribution in [0.15, 0.2) is 48.8 Å². The molecule has 4 rings (SSSR count). The lowest BCUT2D eigenvalue weighted by atomic mass is 9.97. The summed E-state index contributed by atoms with van der Waals surface area (Å²) in [6, 6.07) is 12.0. The fourth-order valence-electron chi connectivity index (χ4n) is 2.61. The topological polar surface area (TPSA) is 46.4 Å². The van der Waals surface area contributed by atoms with Crippen molar-refractivity contribution in [3.05, 3.63) is 59.9 Å². The summed E-state index contributed by atoms with van der Waals surface area (Å²) in [6.45, 7) is 0.622. The maximum atomic E-state index is 11.9. The van der Waals surface area contributed by atoms with Crippen molar-refractivity contribution in [2.75, 3.05) is 0 Å². The molecule has 1 aromatic carbocycles. The first-order chi connectivity index (χ1) is 9.33. The Morgan fingerprint density at radius 3 is 3.11 bits per heavy atom. The van der Waals surface area contributed by atoms with Gasteiger partial charge in [-0.2, -0.15) is 5.10 Å². The summed E-state index contributed by atoms with van der Waals surface area (Å²) in [5.74, 6) is 0.0129. The Labute approximate surface area is 109 Å². The number of pyridine rings is 1. The van der Waals surface area contributed by atoms with E-state index in [1.807, 2.05) is 47.1 Å². The van der Waals surface area contributed by atoms with Gasteiger partial charge >= 0.3 is 0 Å². The van der Waals surface area contributed by atoms with E-state index < -0.39 is 0 Å². The standard InChI is InChI=1S/C15H11N3O/c19-15-14-11(9-16-15)2-1-3-13(14)10-5-7-18-12(8-10)4-6-17-18/h1-8H,9H2,(H,16,19). The maximum absolute atomic E-state index is 11.9. The van der Waals surface area contributed by atoms with Crippen molar-refractivity contribution in [2.45, 2.75) is 6.54 Å². The summed E-state index contributed by atoms with van der Waals surface area (Å²) in [5.41, 5.74) is 4.91. The Bertz CT molecular complexity index is 804. The van der Waals surface area contributed by atoms with Crippen molar-refractivity contribution in [1.82, 2.24) is 14.9 Å².